The number of piperidine rings is 1. The van der Waals surface area contributed by atoms with Crippen molar-refractivity contribution in [1.82, 2.24) is 9.88 Å². The summed E-state index contributed by atoms with van der Waals surface area (Å²) < 4.78 is 20.1. The molecular formula is C27H37FN2O4S. The number of hydrogen-bond acceptors (Lipinski definition) is 6. The number of carbonyl (C=O) groups is 1. The number of halogens is 1. The number of pyridine rings is 1. The fourth-order valence-electron chi connectivity index (χ4n) is 5.71. The zero-order valence-corrected chi connectivity index (χ0v) is 21.4. The Kier molecular flexibility index (Phi) is 8.89. The molecule has 1 unspecified atom stereocenters. The SMILES string of the molecule is COc1ccc2ncc(F)c(C(O)CCC3(CC(=O)O)CCN(CCSC4CCCC4)CC3)c2c1. The Morgan fingerprint density at radius 2 is 2.06 bits per heavy atom. The maximum Gasteiger partial charge on any atom is 0.303 e. The summed E-state index contributed by atoms with van der Waals surface area (Å²) in [6.45, 7) is 2.79. The van der Waals surface area contributed by atoms with E-state index in [0.29, 0.717) is 29.5 Å². The highest BCUT2D eigenvalue weighted by Gasteiger charge is 2.37. The number of carboxylic acid groups (broad SMARTS) is 1. The molecule has 2 N–H and O–H groups in total. The van der Waals surface area contributed by atoms with E-state index in [0.717, 1.165) is 49.7 Å². The van der Waals surface area contributed by atoms with Crippen LogP contribution in [0.5, 0.6) is 5.75 Å². The molecule has 1 atom stereocenters. The number of ether oxygens (including phenoxy) is 1. The predicted octanol–water partition coefficient (Wildman–Crippen LogP) is 5.43. The van der Waals surface area contributed by atoms with E-state index in [9.17, 15) is 19.4 Å². The van der Waals surface area contributed by atoms with E-state index in [2.05, 4.69) is 21.6 Å². The number of aliphatic hydroxyl groups is 1. The first kappa shape index (κ1) is 26.2. The number of likely N-dealkylation sites (tertiary alicyclic amines) is 1. The van der Waals surface area contributed by atoms with E-state index in [1.54, 1.807) is 25.3 Å². The Bertz CT molecular complexity index is 1010. The summed E-state index contributed by atoms with van der Waals surface area (Å²) in [6, 6.07) is 5.20. The highest BCUT2D eigenvalue weighted by Crippen LogP contribution is 2.42. The molecule has 1 aromatic heterocycles. The number of aliphatic carboxylic acids is 1. The van der Waals surface area contributed by atoms with Crippen molar-refractivity contribution >= 4 is 28.6 Å². The Morgan fingerprint density at radius 3 is 2.74 bits per heavy atom. The van der Waals surface area contributed by atoms with Crippen LogP contribution in [-0.2, 0) is 4.79 Å². The maximum absolute atomic E-state index is 14.8. The van der Waals surface area contributed by atoms with Gasteiger partial charge in [-0.25, -0.2) is 4.39 Å². The lowest BCUT2D eigenvalue weighted by Gasteiger charge is -2.41. The first-order valence-corrected chi connectivity index (χ1v) is 13.8. The molecule has 1 saturated heterocycles. The molecule has 0 radical (unpaired) electrons. The topological polar surface area (TPSA) is 82.9 Å². The van der Waals surface area contributed by atoms with Gasteiger partial charge in [-0.15, -0.1) is 0 Å². The molecule has 0 amide bonds. The smallest absolute Gasteiger partial charge is 0.303 e. The van der Waals surface area contributed by atoms with Crippen LogP contribution in [0, 0.1) is 11.2 Å². The monoisotopic (exact) mass is 504 g/mol. The Balaban J connectivity index is 1.39. The van der Waals surface area contributed by atoms with Crippen LogP contribution in [0.2, 0.25) is 0 Å². The number of rotatable bonds is 11. The minimum Gasteiger partial charge on any atom is -0.497 e. The van der Waals surface area contributed by atoms with Crippen molar-refractivity contribution in [2.24, 2.45) is 5.41 Å². The molecule has 1 saturated carbocycles. The van der Waals surface area contributed by atoms with Crippen molar-refractivity contribution in [1.29, 1.82) is 0 Å². The molecule has 1 aliphatic heterocycles. The Morgan fingerprint density at radius 1 is 1.31 bits per heavy atom. The third-order valence-corrected chi connectivity index (χ3v) is 9.22. The molecule has 2 aliphatic rings. The molecule has 1 aromatic carbocycles. The summed E-state index contributed by atoms with van der Waals surface area (Å²) in [7, 11) is 1.54. The number of carboxylic acids is 1. The summed E-state index contributed by atoms with van der Waals surface area (Å²) >= 11 is 2.09. The van der Waals surface area contributed by atoms with Crippen molar-refractivity contribution in [2.75, 3.05) is 32.5 Å². The standard InChI is InChI=1S/C27H37FN2O4S/c1-34-19-6-7-23-21(16-19)26(22(28)18-29-23)24(31)8-9-27(17-25(32)33)10-12-30(13-11-27)14-15-35-20-4-2-3-5-20/h6-7,16,18,20,24,31H,2-5,8-15,17H2,1H3,(H,32,33). The quantitative estimate of drug-likeness (QED) is 0.422. The van der Waals surface area contributed by atoms with Gasteiger partial charge in [0.15, 0.2) is 0 Å². The molecule has 8 heteroatoms. The normalized spacial score (nSPS) is 19.7. The molecular weight excluding hydrogens is 467 g/mol. The minimum absolute atomic E-state index is 0.0811. The molecule has 0 bridgehead atoms. The summed E-state index contributed by atoms with van der Waals surface area (Å²) in [4.78, 5) is 18.3. The van der Waals surface area contributed by atoms with Crippen LogP contribution in [0.15, 0.2) is 24.4 Å². The zero-order chi connectivity index (χ0) is 24.8. The lowest BCUT2D eigenvalue weighted by molar-refractivity contribution is -0.141. The van der Waals surface area contributed by atoms with Gasteiger partial charge in [0.25, 0.3) is 0 Å². The van der Waals surface area contributed by atoms with Crippen LogP contribution in [0.25, 0.3) is 10.9 Å². The van der Waals surface area contributed by atoms with Gasteiger partial charge in [0.1, 0.15) is 11.6 Å². The second kappa shape index (κ2) is 11.9. The number of methoxy groups -OCH3 is 1. The fourth-order valence-corrected chi connectivity index (χ4v) is 7.07. The lowest BCUT2D eigenvalue weighted by Crippen LogP contribution is -2.42. The summed E-state index contributed by atoms with van der Waals surface area (Å²) in [5.41, 5.74) is 0.421. The first-order valence-electron chi connectivity index (χ1n) is 12.8. The number of nitrogens with zero attached hydrogens (tertiary/aromatic N) is 2. The van der Waals surface area contributed by atoms with Crippen LogP contribution >= 0.6 is 11.8 Å². The van der Waals surface area contributed by atoms with Crippen molar-refractivity contribution < 1.29 is 24.1 Å². The minimum atomic E-state index is -1.04. The predicted molar refractivity (Wildman–Crippen MR) is 138 cm³/mol. The fraction of sp³-hybridized carbons (Fsp3) is 0.630. The van der Waals surface area contributed by atoms with E-state index in [1.807, 2.05) is 0 Å². The molecule has 2 heterocycles. The van der Waals surface area contributed by atoms with Gasteiger partial charge >= 0.3 is 5.97 Å². The Hall–Kier alpha value is -1.90. The summed E-state index contributed by atoms with van der Waals surface area (Å²) in [6.07, 6.45) is 8.00. The Labute approximate surface area is 211 Å². The van der Waals surface area contributed by atoms with Gasteiger partial charge in [-0.05, 0) is 75.2 Å². The number of thioether (sulfide) groups is 1. The van der Waals surface area contributed by atoms with Gasteiger partial charge < -0.3 is 19.8 Å². The van der Waals surface area contributed by atoms with Crippen molar-refractivity contribution in [3.05, 3.63) is 35.8 Å². The van der Waals surface area contributed by atoms with Crippen molar-refractivity contribution in [3.8, 4) is 5.75 Å². The largest absolute Gasteiger partial charge is 0.497 e. The van der Waals surface area contributed by atoms with E-state index >= 15 is 0 Å². The maximum atomic E-state index is 14.8. The van der Waals surface area contributed by atoms with Crippen LogP contribution in [0.4, 0.5) is 4.39 Å². The number of aromatic nitrogens is 1. The highest BCUT2D eigenvalue weighted by atomic mass is 32.2. The van der Waals surface area contributed by atoms with Gasteiger partial charge in [-0.3, -0.25) is 9.78 Å². The van der Waals surface area contributed by atoms with Crippen molar-refractivity contribution in [2.45, 2.75) is 69.1 Å². The van der Waals surface area contributed by atoms with Gasteiger partial charge in [0.2, 0.25) is 0 Å². The molecule has 0 spiro atoms. The third-order valence-electron chi connectivity index (χ3n) is 7.86. The number of aliphatic hydroxyl groups excluding tert-OH is 1. The number of hydrogen-bond donors (Lipinski definition) is 2. The van der Waals surface area contributed by atoms with Crippen LogP contribution in [0.1, 0.15) is 69.5 Å². The molecule has 2 fully saturated rings. The number of fused-ring (bicyclic) bond motifs is 1. The second-order valence-electron chi connectivity index (χ2n) is 10.1. The molecule has 35 heavy (non-hydrogen) atoms. The van der Waals surface area contributed by atoms with E-state index in [1.165, 1.54) is 25.7 Å². The van der Waals surface area contributed by atoms with Crippen LogP contribution in [-0.4, -0.2) is 63.8 Å². The van der Waals surface area contributed by atoms with E-state index in [-0.39, 0.29) is 17.4 Å². The summed E-state index contributed by atoms with van der Waals surface area (Å²) in [5.74, 6) is 0.335. The number of benzene rings is 1. The van der Waals surface area contributed by atoms with E-state index < -0.39 is 17.9 Å². The van der Waals surface area contributed by atoms with Crippen molar-refractivity contribution in [3.63, 3.8) is 0 Å². The lowest BCUT2D eigenvalue weighted by atomic mass is 9.71. The second-order valence-corrected chi connectivity index (χ2v) is 11.6. The first-order chi connectivity index (χ1) is 16.9. The van der Waals surface area contributed by atoms with Crippen LogP contribution < -0.4 is 4.74 Å². The molecule has 6 nitrogen and oxygen atoms in total. The molecule has 4 rings (SSSR count). The van der Waals surface area contributed by atoms with E-state index in [4.69, 9.17) is 4.74 Å². The van der Waals surface area contributed by atoms with Gasteiger partial charge in [0.05, 0.1) is 31.3 Å². The zero-order valence-electron chi connectivity index (χ0n) is 20.5. The molecule has 2 aromatic rings. The van der Waals surface area contributed by atoms with Gasteiger partial charge in [0, 0.05) is 28.5 Å². The highest BCUT2D eigenvalue weighted by molar-refractivity contribution is 7.99. The van der Waals surface area contributed by atoms with Gasteiger partial charge in [-0.1, -0.05) is 12.8 Å². The summed E-state index contributed by atoms with van der Waals surface area (Å²) in [5, 5.41) is 22.0. The average molecular weight is 505 g/mol. The van der Waals surface area contributed by atoms with Crippen LogP contribution in [0.3, 0.4) is 0 Å². The molecule has 1 aliphatic carbocycles. The third kappa shape index (κ3) is 6.66. The average Bonchev–Trinajstić information content (AvgIpc) is 3.36. The van der Waals surface area contributed by atoms with Gasteiger partial charge in [-0.2, -0.15) is 11.8 Å². The molecule has 192 valence electrons.